The zero-order chi connectivity index (χ0) is 18.1. The number of carboxylic acids is 1. The van der Waals surface area contributed by atoms with Crippen LogP contribution in [-0.2, 0) is 9.53 Å². The van der Waals surface area contributed by atoms with Crippen LogP contribution < -0.4 is 5.32 Å². The second-order valence-corrected chi connectivity index (χ2v) is 5.87. The van der Waals surface area contributed by atoms with Crippen molar-refractivity contribution in [2.45, 2.75) is 17.9 Å². The number of amides is 1. The summed E-state index contributed by atoms with van der Waals surface area (Å²) in [5.74, 6) is -1.31. The first-order valence-electron chi connectivity index (χ1n) is 7.04. The summed E-state index contributed by atoms with van der Waals surface area (Å²) in [4.78, 5) is 34.4. The van der Waals surface area contributed by atoms with Crippen LogP contribution >= 0.6 is 11.8 Å². The van der Waals surface area contributed by atoms with E-state index in [1.54, 1.807) is 0 Å². The number of nitro groups is 1. The standard InChI is InChI=1S/C15H18N2O6S/c1-3-7-23-9-12(15(19)20)16-14(18)11-8-10(17(21)22)5-6-13(11)24-4-2/h3,5-6,8,12H,1,4,7,9H2,2H3,(H,16,18)(H,19,20). The molecule has 0 spiro atoms. The number of carboxylic acid groups (broad SMARTS) is 1. The molecule has 1 aromatic carbocycles. The topological polar surface area (TPSA) is 119 Å². The number of ether oxygens (including phenoxy) is 1. The average Bonchev–Trinajstić information content (AvgIpc) is 2.54. The van der Waals surface area contributed by atoms with E-state index < -0.39 is 22.8 Å². The number of thioether (sulfide) groups is 1. The summed E-state index contributed by atoms with van der Waals surface area (Å²) in [6.45, 7) is 5.22. The average molecular weight is 354 g/mol. The molecule has 24 heavy (non-hydrogen) atoms. The van der Waals surface area contributed by atoms with E-state index in [-0.39, 0.29) is 24.5 Å². The van der Waals surface area contributed by atoms with Crippen molar-refractivity contribution in [3.8, 4) is 0 Å². The van der Waals surface area contributed by atoms with Gasteiger partial charge in [-0.25, -0.2) is 4.79 Å². The van der Waals surface area contributed by atoms with Crippen LogP contribution in [0.4, 0.5) is 5.69 Å². The Labute approximate surface area is 143 Å². The summed E-state index contributed by atoms with van der Waals surface area (Å²) in [6.07, 6.45) is 1.46. The maximum atomic E-state index is 12.4. The third kappa shape index (κ3) is 5.67. The van der Waals surface area contributed by atoms with E-state index in [4.69, 9.17) is 9.84 Å². The van der Waals surface area contributed by atoms with Gasteiger partial charge in [0.15, 0.2) is 6.04 Å². The molecule has 8 nitrogen and oxygen atoms in total. The summed E-state index contributed by atoms with van der Waals surface area (Å²) in [5.41, 5.74) is -0.179. The maximum Gasteiger partial charge on any atom is 0.328 e. The third-order valence-corrected chi connectivity index (χ3v) is 3.80. The molecule has 1 aromatic rings. The minimum absolute atomic E-state index is 0.0611. The summed E-state index contributed by atoms with van der Waals surface area (Å²) < 4.78 is 5.06. The number of benzene rings is 1. The van der Waals surface area contributed by atoms with Crippen LogP contribution in [0.2, 0.25) is 0 Å². The molecular weight excluding hydrogens is 336 g/mol. The molecule has 0 bridgehead atoms. The van der Waals surface area contributed by atoms with Crippen molar-refractivity contribution in [2.24, 2.45) is 0 Å². The molecule has 1 atom stereocenters. The Morgan fingerprint density at radius 1 is 1.54 bits per heavy atom. The van der Waals surface area contributed by atoms with Gasteiger partial charge in [0.2, 0.25) is 0 Å². The highest BCUT2D eigenvalue weighted by atomic mass is 32.2. The van der Waals surface area contributed by atoms with E-state index in [9.17, 15) is 19.7 Å². The van der Waals surface area contributed by atoms with Gasteiger partial charge in [-0.3, -0.25) is 14.9 Å². The number of non-ortho nitro benzene ring substituents is 1. The van der Waals surface area contributed by atoms with Crippen molar-refractivity contribution in [3.05, 3.63) is 46.5 Å². The summed E-state index contributed by atoms with van der Waals surface area (Å²) in [5, 5.41) is 22.4. The van der Waals surface area contributed by atoms with E-state index in [1.165, 1.54) is 30.0 Å². The lowest BCUT2D eigenvalue weighted by Gasteiger charge is -2.15. The highest BCUT2D eigenvalue weighted by molar-refractivity contribution is 7.99. The van der Waals surface area contributed by atoms with E-state index in [2.05, 4.69) is 11.9 Å². The van der Waals surface area contributed by atoms with Gasteiger partial charge in [-0.15, -0.1) is 18.3 Å². The number of carbonyl (C=O) groups excluding carboxylic acids is 1. The predicted octanol–water partition coefficient (Wildman–Crippen LogP) is 2.09. The first-order valence-corrected chi connectivity index (χ1v) is 8.02. The van der Waals surface area contributed by atoms with E-state index in [0.717, 1.165) is 6.07 Å². The Morgan fingerprint density at radius 3 is 2.79 bits per heavy atom. The first kappa shape index (κ1) is 19.7. The van der Waals surface area contributed by atoms with E-state index in [0.29, 0.717) is 10.6 Å². The number of aliphatic carboxylic acids is 1. The molecule has 1 rings (SSSR count). The van der Waals surface area contributed by atoms with Gasteiger partial charge in [0, 0.05) is 17.0 Å². The van der Waals surface area contributed by atoms with Crippen molar-refractivity contribution >= 4 is 29.3 Å². The van der Waals surface area contributed by atoms with E-state index >= 15 is 0 Å². The zero-order valence-electron chi connectivity index (χ0n) is 13.1. The van der Waals surface area contributed by atoms with Gasteiger partial charge in [-0.05, 0) is 11.8 Å². The number of hydrogen-bond acceptors (Lipinski definition) is 6. The molecule has 0 aromatic heterocycles. The van der Waals surface area contributed by atoms with Crippen molar-refractivity contribution in [1.29, 1.82) is 0 Å². The Morgan fingerprint density at radius 2 is 2.25 bits per heavy atom. The van der Waals surface area contributed by atoms with Gasteiger partial charge in [-0.1, -0.05) is 13.0 Å². The van der Waals surface area contributed by atoms with Crippen molar-refractivity contribution < 1.29 is 24.4 Å². The largest absolute Gasteiger partial charge is 0.480 e. The number of hydrogen-bond donors (Lipinski definition) is 2. The molecule has 0 aliphatic heterocycles. The van der Waals surface area contributed by atoms with Crippen LogP contribution in [0.15, 0.2) is 35.7 Å². The Hall–Kier alpha value is -2.39. The molecule has 9 heteroatoms. The monoisotopic (exact) mass is 354 g/mol. The maximum absolute atomic E-state index is 12.4. The minimum atomic E-state index is -1.27. The van der Waals surface area contributed by atoms with Gasteiger partial charge in [0.05, 0.1) is 23.7 Å². The van der Waals surface area contributed by atoms with Crippen molar-refractivity contribution in [1.82, 2.24) is 5.32 Å². The van der Waals surface area contributed by atoms with Crippen LogP contribution in [0.3, 0.4) is 0 Å². The molecule has 0 heterocycles. The fraction of sp³-hybridized carbons (Fsp3) is 0.333. The van der Waals surface area contributed by atoms with Gasteiger partial charge < -0.3 is 15.2 Å². The molecule has 0 radical (unpaired) electrons. The molecule has 1 amide bonds. The minimum Gasteiger partial charge on any atom is -0.480 e. The van der Waals surface area contributed by atoms with E-state index in [1.807, 2.05) is 6.92 Å². The summed E-state index contributed by atoms with van der Waals surface area (Å²) in [7, 11) is 0. The van der Waals surface area contributed by atoms with Gasteiger partial charge in [-0.2, -0.15) is 0 Å². The summed E-state index contributed by atoms with van der Waals surface area (Å²) in [6, 6.07) is 2.65. The van der Waals surface area contributed by atoms with Crippen LogP contribution in [0.25, 0.3) is 0 Å². The second-order valence-electron chi connectivity index (χ2n) is 4.56. The highest BCUT2D eigenvalue weighted by Crippen LogP contribution is 2.26. The van der Waals surface area contributed by atoms with Crippen molar-refractivity contribution in [3.63, 3.8) is 0 Å². The lowest BCUT2D eigenvalue weighted by atomic mass is 10.1. The SMILES string of the molecule is C=CCOCC(NC(=O)c1cc([N+](=O)[O-])ccc1SCC)C(=O)O. The fourth-order valence-electron chi connectivity index (χ4n) is 1.77. The third-order valence-electron chi connectivity index (χ3n) is 2.84. The highest BCUT2D eigenvalue weighted by Gasteiger charge is 2.23. The number of carbonyl (C=O) groups is 2. The normalized spacial score (nSPS) is 11.5. The molecule has 0 aliphatic rings. The molecule has 130 valence electrons. The van der Waals surface area contributed by atoms with Gasteiger partial charge in [0.1, 0.15) is 0 Å². The molecule has 0 fully saturated rings. The zero-order valence-corrected chi connectivity index (χ0v) is 13.9. The number of nitro benzene ring substituents is 1. The van der Waals surface area contributed by atoms with Crippen LogP contribution in [-0.4, -0.2) is 46.9 Å². The first-order chi connectivity index (χ1) is 11.4. The van der Waals surface area contributed by atoms with Crippen LogP contribution in [0, 0.1) is 10.1 Å². The molecule has 2 N–H and O–H groups in total. The van der Waals surface area contributed by atoms with Crippen LogP contribution in [0.5, 0.6) is 0 Å². The lowest BCUT2D eigenvalue weighted by molar-refractivity contribution is -0.384. The Bertz CT molecular complexity index is 634. The van der Waals surface area contributed by atoms with Gasteiger partial charge >= 0.3 is 5.97 Å². The molecule has 0 saturated carbocycles. The molecular formula is C15H18N2O6S. The summed E-state index contributed by atoms with van der Waals surface area (Å²) >= 11 is 1.33. The van der Waals surface area contributed by atoms with Crippen molar-refractivity contribution in [2.75, 3.05) is 19.0 Å². The predicted molar refractivity (Wildman–Crippen MR) is 89.4 cm³/mol. The van der Waals surface area contributed by atoms with Gasteiger partial charge in [0.25, 0.3) is 11.6 Å². The molecule has 0 aliphatic carbocycles. The number of nitrogens with one attached hydrogen (secondary N) is 1. The van der Waals surface area contributed by atoms with Crippen LogP contribution in [0.1, 0.15) is 17.3 Å². The number of rotatable bonds is 10. The Kier molecular flexibility index (Phi) is 7.93. The fourth-order valence-corrected chi connectivity index (χ4v) is 2.55. The smallest absolute Gasteiger partial charge is 0.328 e. The lowest BCUT2D eigenvalue weighted by Crippen LogP contribution is -2.44. The Balaban J connectivity index is 3.01. The second kappa shape index (κ2) is 9.68. The number of nitrogens with zero attached hydrogens (tertiary/aromatic N) is 1. The molecule has 1 unspecified atom stereocenters. The molecule has 0 saturated heterocycles. The quantitative estimate of drug-likeness (QED) is 0.217.